The van der Waals surface area contributed by atoms with E-state index in [1.165, 1.54) is 26.4 Å². The van der Waals surface area contributed by atoms with Gasteiger partial charge < -0.3 is 9.64 Å². The summed E-state index contributed by atoms with van der Waals surface area (Å²) in [7, 11) is 1.45. The minimum Gasteiger partial charge on any atom is -0.469 e. The van der Waals surface area contributed by atoms with Gasteiger partial charge in [-0.25, -0.2) is 0 Å². The van der Waals surface area contributed by atoms with Crippen LogP contribution in [0.5, 0.6) is 0 Å². The van der Waals surface area contributed by atoms with E-state index in [2.05, 4.69) is 4.90 Å². The predicted molar refractivity (Wildman–Crippen MR) is 76.5 cm³/mol. The van der Waals surface area contributed by atoms with Gasteiger partial charge in [0.25, 0.3) is 0 Å². The lowest BCUT2D eigenvalue weighted by atomic mass is 9.97. The third-order valence-electron chi connectivity index (χ3n) is 3.65. The largest absolute Gasteiger partial charge is 0.469 e. The summed E-state index contributed by atoms with van der Waals surface area (Å²) >= 11 is 5.90. The van der Waals surface area contributed by atoms with Crippen LogP contribution in [0.2, 0.25) is 5.02 Å². The minimum absolute atomic E-state index is 0.173. The number of carbonyl (C=O) groups is 1. The molecule has 0 spiro atoms. The molecule has 0 saturated carbocycles. The highest BCUT2D eigenvalue weighted by molar-refractivity contribution is 6.30. The summed E-state index contributed by atoms with van der Waals surface area (Å²) < 4.78 is 4.94. The van der Waals surface area contributed by atoms with Crippen LogP contribution >= 0.6 is 11.6 Å². The van der Waals surface area contributed by atoms with Gasteiger partial charge in [0.05, 0.1) is 13.0 Å². The van der Waals surface area contributed by atoms with Gasteiger partial charge in [-0.1, -0.05) is 30.2 Å². The maximum Gasteiger partial charge on any atom is 0.314 e. The first-order valence-corrected chi connectivity index (χ1v) is 7.14. The molecule has 1 atom stereocenters. The van der Waals surface area contributed by atoms with Gasteiger partial charge >= 0.3 is 5.97 Å². The summed E-state index contributed by atoms with van der Waals surface area (Å²) in [5.74, 6) is -0.395. The van der Waals surface area contributed by atoms with Crippen molar-refractivity contribution in [3.8, 4) is 0 Å². The molecule has 1 aromatic carbocycles. The van der Waals surface area contributed by atoms with Crippen LogP contribution in [0.3, 0.4) is 0 Å². The van der Waals surface area contributed by atoms with Crippen molar-refractivity contribution in [1.82, 2.24) is 4.90 Å². The van der Waals surface area contributed by atoms with Crippen molar-refractivity contribution in [2.75, 3.05) is 26.7 Å². The number of esters is 1. The van der Waals surface area contributed by atoms with Crippen molar-refractivity contribution < 1.29 is 9.53 Å². The number of carbonyl (C=O) groups excluding carboxylic acids is 1. The van der Waals surface area contributed by atoms with E-state index in [0.717, 1.165) is 25.2 Å². The first-order chi connectivity index (χ1) is 9.20. The third kappa shape index (κ3) is 3.95. The van der Waals surface area contributed by atoms with E-state index in [9.17, 15) is 4.79 Å². The van der Waals surface area contributed by atoms with Crippen molar-refractivity contribution in [2.24, 2.45) is 0 Å². The number of piperidine rings is 1. The summed E-state index contributed by atoms with van der Waals surface area (Å²) in [5, 5.41) is 0.685. The number of likely N-dealkylation sites (tertiary alicyclic amines) is 1. The molecule has 1 aliphatic heterocycles. The van der Waals surface area contributed by atoms with Crippen LogP contribution in [0.1, 0.15) is 30.7 Å². The Morgan fingerprint density at radius 1 is 1.26 bits per heavy atom. The SMILES string of the molecule is COC(=O)C(CN1CCCCC1)c1ccc(Cl)cc1. The maximum absolute atomic E-state index is 12.0. The summed E-state index contributed by atoms with van der Waals surface area (Å²) in [6.45, 7) is 2.87. The number of nitrogens with zero attached hydrogens (tertiary/aromatic N) is 1. The minimum atomic E-state index is -0.222. The van der Waals surface area contributed by atoms with Crippen molar-refractivity contribution in [3.05, 3.63) is 34.9 Å². The Bertz CT molecular complexity index is 413. The topological polar surface area (TPSA) is 29.5 Å². The summed E-state index contributed by atoms with van der Waals surface area (Å²) in [6.07, 6.45) is 3.73. The van der Waals surface area contributed by atoms with Crippen molar-refractivity contribution >= 4 is 17.6 Å². The van der Waals surface area contributed by atoms with Gasteiger partial charge in [-0.3, -0.25) is 4.79 Å². The Kier molecular flexibility index (Phi) is 5.23. The number of ether oxygens (including phenoxy) is 1. The molecule has 4 heteroatoms. The Morgan fingerprint density at radius 2 is 1.89 bits per heavy atom. The maximum atomic E-state index is 12.0. The van der Waals surface area contributed by atoms with Crippen LogP contribution in [0, 0.1) is 0 Å². The van der Waals surface area contributed by atoms with Crippen LogP contribution in [0.25, 0.3) is 0 Å². The standard InChI is InChI=1S/C15H20ClNO2/c1-19-15(18)14(11-17-9-3-2-4-10-17)12-5-7-13(16)8-6-12/h5-8,14H,2-4,9-11H2,1H3. The highest BCUT2D eigenvalue weighted by atomic mass is 35.5. The summed E-state index contributed by atoms with van der Waals surface area (Å²) in [5.41, 5.74) is 0.974. The van der Waals surface area contributed by atoms with Crippen molar-refractivity contribution in [3.63, 3.8) is 0 Å². The summed E-state index contributed by atoms with van der Waals surface area (Å²) in [4.78, 5) is 14.3. The van der Waals surface area contributed by atoms with Gasteiger partial charge in [-0.05, 0) is 43.6 Å². The zero-order chi connectivity index (χ0) is 13.7. The van der Waals surface area contributed by atoms with Gasteiger partial charge in [-0.15, -0.1) is 0 Å². The van der Waals surface area contributed by atoms with E-state index in [4.69, 9.17) is 16.3 Å². The van der Waals surface area contributed by atoms with Crippen LogP contribution in [0.15, 0.2) is 24.3 Å². The molecule has 0 N–H and O–H groups in total. The lowest BCUT2D eigenvalue weighted by molar-refractivity contribution is -0.143. The number of methoxy groups -OCH3 is 1. The first kappa shape index (κ1) is 14.4. The Balaban J connectivity index is 2.10. The Hall–Kier alpha value is -1.06. The molecule has 1 saturated heterocycles. The zero-order valence-corrected chi connectivity index (χ0v) is 12.0. The van der Waals surface area contributed by atoms with Gasteiger partial charge in [0, 0.05) is 11.6 Å². The van der Waals surface area contributed by atoms with Gasteiger partial charge in [0.2, 0.25) is 0 Å². The Labute approximate surface area is 119 Å². The fourth-order valence-corrected chi connectivity index (χ4v) is 2.68. The molecule has 0 aromatic heterocycles. The first-order valence-electron chi connectivity index (χ1n) is 6.76. The number of rotatable bonds is 4. The molecule has 1 fully saturated rings. The molecule has 1 unspecified atom stereocenters. The van der Waals surface area contributed by atoms with E-state index < -0.39 is 0 Å². The van der Waals surface area contributed by atoms with E-state index in [-0.39, 0.29) is 11.9 Å². The molecule has 19 heavy (non-hydrogen) atoms. The van der Waals surface area contributed by atoms with Crippen LogP contribution in [0.4, 0.5) is 0 Å². The van der Waals surface area contributed by atoms with Crippen LogP contribution in [-0.4, -0.2) is 37.6 Å². The molecule has 0 bridgehead atoms. The molecule has 0 radical (unpaired) electrons. The van der Waals surface area contributed by atoms with E-state index in [1.807, 2.05) is 24.3 Å². The Morgan fingerprint density at radius 3 is 2.47 bits per heavy atom. The second-order valence-electron chi connectivity index (χ2n) is 4.99. The highest BCUT2D eigenvalue weighted by Gasteiger charge is 2.25. The monoisotopic (exact) mass is 281 g/mol. The second-order valence-corrected chi connectivity index (χ2v) is 5.43. The molecule has 1 aromatic rings. The molecular weight excluding hydrogens is 262 g/mol. The molecule has 0 amide bonds. The molecule has 104 valence electrons. The fourth-order valence-electron chi connectivity index (χ4n) is 2.55. The molecule has 1 aliphatic rings. The second kappa shape index (κ2) is 6.92. The van der Waals surface area contributed by atoms with Crippen molar-refractivity contribution in [2.45, 2.75) is 25.2 Å². The molecular formula is C15H20ClNO2. The lowest BCUT2D eigenvalue weighted by Crippen LogP contribution is -2.36. The fraction of sp³-hybridized carbons (Fsp3) is 0.533. The highest BCUT2D eigenvalue weighted by Crippen LogP contribution is 2.22. The summed E-state index contributed by atoms with van der Waals surface area (Å²) in [6, 6.07) is 7.47. The molecule has 1 heterocycles. The number of halogens is 1. The smallest absolute Gasteiger partial charge is 0.314 e. The normalized spacial score (nSPS) is 18.0. The van der Waals surface area contributed by atoms with Crippen LogP contribution in [-0.2, 0) is 9.53 Å². The molecule has 3 nitrogen and oxygen atoms in total. The van der Waals surface area contributed by atoms with E-state index >= 15 is 0 Å². The molecule has 2 rings (SSSR count). The van der Waals surface area contributed by atoms with E-state index in [0.29, 0.717) is 5.02 Å². The van der Waals surface area contributed by atoms with Crippen LogP contribution < -0.4 is 0 Å². The number of hydrogen-bond acceptors (Lipinski definition) is 3. The molecule has 0 aliphatic carbocycles. The number of hydrogen-bond donors (Lipinski definition) is 0. The quantitative estimate of drug-likeness (QED) is 0.795. The lowest BCUT2D eigenvalue weighted by Gasteiger charge is -2.29. The average molecular weight is 282 g/mol. The predicted octanol–water partition coefficient (Wildman–Crippen LogP) is 3.08. The van der Waals surface area contributed by atoms with E-state index in [1.54, 1.807) is 0 Å². The zero-order valence-electron chi connectivity index (χ0n) is 11.3. The third-order valence-corrected chi connectivity index (χ3v) is 3.90. The van der Waals surface area contributed by atoms with Gasteiger partial charge in [0.1, 0.15) is 0 Å². The average Bonchev–Trinajstić information content (AvgIpc) is 2.46. The number of benzene rings is 1. The van der Waals surface area contributed by atoms with Gasteiger partial charge in [0.15, 0.2) is 0 Å². The van der Waals surface area contributed by atoms with Crippen molar-refractivity contribution in [1.29, 1.82) is 0 Å². The van der Waals surface area contributed by atoms with Gasteiger partial charge in [-0.2, -0.15) is 0 Å².